The van der Waals surface area contributed by atoms with Crippen LogP contribution in [0.4, 0.5) is 0 Å². The van der Waals surface area contributed by atoms with Crippen LogP contribution in [0.5, 0.6) is 0 Å². The molecule has 2 atom stereocenters. The second-order valence-electron chi connectivity index (χ2n) is 18.1. The SMILES string of the molecule is CC(C)(C)[S@@](=O)N1Cc2cc(=O)n(Cc3ccccc3)c(CCO[Si](C)(C)C(C)(C)C)c2[C@H]1CCO[Si](c1ccccc1)(c1ccccc1)C(C)(C)C. The molecule has 0 spiro atoms. The first-order valence-corrected chi connectivity index (χ1v) is 25.1. The summed E-state index contributed by atoms with van der Waals surface area (Å²) in [4.78, 5) is 14.1. The zero-order valence-electron chi connectivity index (χ0n) is 34.0. The first-order valence-electron chi connectivity index (χ1n) is 19.1. The summed E-state index contributed by atoms with van der Waals surface area (Å²) in [6.45, 7) is 26.2. The van der Waals surface area contributed by atoms with E-state index < -0.39 is 32.4 Å². The molecule has 0 amide bonds. The highest BCUT2D eigenvalue weighted by Crippen LogP contribution is 2.43. The van der Waals surface area contributed by atoms with Crippen LogP contribution in [-0.2, 0) is 39.3 Å². The van der Waals surface area contributed by atoms with Gasteiger partial charge in [-0.05, 0) is 77.4 Å². The van der Waals surface area contributed by atoms with Gasteiger partial charge in [-0.3, -0.25) is 4.79 Å². The van der Waals surface area contributed by atoms with Crippen LogP contribution in [0.25, 0.3) is 0 Å². The molecule has 0 bridgehead atoms. The smallest absolute Gasteiger partial charge is 0.261 e. The highest BCUT2D eigenvalue weighted by atomic mass is 32.2. The third-order valence-corrected chi connectivity index (χ3v) is 22.6. The molecule has 0 N–H and O–H groups in total. The minimum atomic E-state index is -2.81. The molecule has 0 saturated carbocycles. The zero-order valence-corrected chi connectivity index (χ0v) is 36.8. The monoisotopic (exact) mass is 770 g/mol. The quantitative estimate of drug-likeness (QED) is 0.128. The molecule has 2 heterocycles. The predicted octanol–water partition coefficient (Wildman–Crippen LogP) is 8.75. The Morgan fingerprint density at radius 2 is 1.26 bits per heavy atom. The summed E-state index contributed by atoms with van der Waals surface area (Å²) in [6.07, 6.45) is 1.23. The van der Waals surface area contributed by atoms with Crippen molar-refractivity contribution in [3.05, 3.63) is 130 Å². The van der Waals surface area contributed by atoms with E-state index in [1.807, 2.05) is 43.5 Å². The Morgan fingerprint density at radius 3 is 1.75 bits per heavy atom. The lowest BCUT2D eigenvalue weighted by Gasteiger charge is -2.43. The van der Waals surface area contributed by atoms with Crippen LogP contribution in [0.2, 0.25) is 23.2 Å². The first-order chi connectivity index (χ1) is 24.8. The number of fused-ring (bicyclic) bond motifs is 1. The second-order valence-corrected chi connectivity index (χ2v) is 29.4. The second kappa shape index (κ2) is 16.0. The number of benzene rings is 3. The van der Waals surface area contributed by atoms with E-state index in [2.05, 4.69) is 132 Å². The minimum absolute atomic E-state index is 0.0272. The van der Waals surface area contributed by atoms with E-state index in [-0.39, 0.29) is 21.7 Å². The zero-order chi connectivity index (χ0) is 38.8. The van der Waals surface area contributed by atoms with E-state index >= 15 is 0 Å². The summed E-state index contributed by atoms with van der Waals surface area (Å²) in [7, 11) is -6.18. The highest BCUT2D eigenvalue weighted by molar-refractivity contribution is 7.84. The van der Waals surface area contributed by atoms with Crippen molar-refractivity contribution in [1.82, 2.24) is 8.87 Å². The van der Waals surface area contributed by atoms with Crippen molar-refractivity contribution < 1.29 is 13.1 Å². The number of nitrogens with zero attached hydrogens (tertiary/aromatic N) is 2. The summed E-state index contributed by atoms with van der Waals surface area (Å²) in [5, 5.41) is 2.37. The fraction of sp³-hybridized carbons (Fsp3) is 0.477. The minimum Gasteiger partial charge on any atom is -0.416 e. The Hall–Kier alpha value is -2.93. The average molecular weight is 771 g/mol. The molecule has 0 aliphatic carbocycles. The number of aromatic nitrogens is 1. The molecule has 6 nitrogen and oxygen atoms in total. The maximum Gasteiger partial charge on any atom is 0.261 e. The van der Waals surface area contributed by atoms with Crippen molar-refractivity contribution in [3.8, 4) is 0 Å². The number of pyridine rings is 1. The van der Waals surface area contributed by atoms with Crippen LogP contribution in [0.15, 0.2) is 102 Å². The average Bonchev–Trinajstić information content (AvgIpc) is 3.44. The number of hydrogen-bond acceptors (Lipinski definition) is 4. The molecule has 1 aliphatic rings. The lowest BCUT2D eigenvalue weighted by Crippen LogP contribution is -2.66. The van der Waals surface area contributed by atoms with Gasteiger partial charge in [0.2, 0.25) is 0 Å². The largest absolute Gasteiger partial charge is 0.416 e. The van der Waals surface area contributed by atoms with Crippen molar-refractivity contribution in [2.45, 2.75) is 122 Å². The van der Waals surface area contributed by atoms with E-state index in [1.165, 1.54) is 10.4 Å². The van der Waals surface area contributed by atoms with Gasteiger partial charge in [0.05, 0.1) is 17.3 Å². The van der Waals surface area contributed by atoms with Crippen LogP contribution < -0.4 is 15.9 Å². The van der Waals surface area contributed by atoms with Crippen LogP contribution in [0.3, 0.4) is 0 Å². The van der Waals surface area contributed by atoms with Crippen LogP contribution in [0, 0.1) is 0 Å². The third-order valence-electron chi connectivity index (χ3n) is 11.2. The van der Waals surface area contributed by atoms with Crippen molar-refractivity contribution in [2.75, 3.05) is 13.2 Å². The maximum atomic E-state index is 14.4. The van der Waals surface area contributed by atoms with Crippen molar-refractivity contribution in [2.24, 2.45) is 0 Å². The van der Waals surface area contributed by atoms with Crippen LogP contribution in [-0.4, -0.2) is 47.7 Å². The maximum absolute atomic E-state index is 14.4. The Labute approximate surface area is 323 Å². The highest BCUT2D eigenvalue weighted by Gasteiger charge is 2.50. The van der Waals surface area contributed by atoms with Gasteiger partial charge in [0.1, 0.15) is 11.0 Å². The summed E-state index contributed by atoms with van der Waals surface area (Å²) in [5.41, 5.74) is 4.11. The van der Waals surface area contributed by atoms with E-state index in [4.69, 9.17) is 8.85 Å². The summed E-state index contributed by atoms with van der Waals surface area (Å²) < 4.78 is 32.2. The van der Waals surface area contributed by atoms with E-state index in [1.54, 1.807) is 6.07 Å². The summed E-state index contributed by atoms with van der Waals surface area (Å²) >= 11 is 0. The molecule has 286 valence electrons. The Bertz CT molecular complexity index is 1870. The van der Waals surface area contributed by atoms with Gasteiger partial charge in [-0.2, -0.15) is 0 Å². The fourth-order valence-electron chi connectivity index (χ4n) is 7.46. The van der Waals surface area contributed by atoms with Crippen molar-refractivity contribution in [1.29, 1.82) is 0 Å². The van der Waals surface area contributed by atoms with Gasteiger partial charge in [-0.1, -0.05) is 133 Å². The molecular formula is C44H62N2O4SSi2. The van der Waals surface area contributed by atoms with Gasteiger partial charge >= 0.3 is 0 Å². The molecule has 4 aromatic rings. The van der Waals surface area contributed by atoms with E-state index in [9.17, 15) is 9.00 Å². The standard InChI is InChI=1S/C44H62N2O4SSi2/c1-42(2,3)51(48)46-33-35-31-40(47)45(32-34-21-15-12-16-22-34)38(27-29-49-52(10,11)43(4,5)6)41(35)39(46)28-30-50-53(44(7,8)9,36-23-17-13-18-24-36)37-25-19-14-20-26-37/h12-26,31,39H,27-30,32-33H2,1-11H3/t39-,51-/m1/s1. The molecule has 1 aliphatic heterocycles. The lowest BCUT2D eigenvalue weighted by molar-refractivity contribution is 0.242. The van der Waals surface area contributed by atoms with Gasteiger partial charge in [-0.25, -0.2) is 8.51 Å². The topological polar surface area (TPSA) is 60.8 Å². The molecule has 0 saturated heterocycles. The van der Waals surface area contributed by atoms with E-state index in [0.717, 1.165) is 22.4 Å². The van der Waals surface area contributed by atoms with Gasteiger partial charge in [0.25, 0.3) is 13.9 Å². The van der Waals surface area contributed by atoms with Gasteiger partial charge in [0.15, 0.2) is 8.32 Å². The van der Waals surface area contributed by atoms with E-state index in [0.29, 0.717) is 39.1 Å². The molecule has 5 rings (SSSR count). The van der Waals surface area contributed by atoms with Gasteiger partial charge in [-0.15, -0.1) is 0 Å². The molecule has 0 radical (unpaired) electrons. The molecule has 3 aromatic carbocycles. The molecule has 0 fully saturated rings. The molecule has 53 heavy (non-hydrogen) atoms. The van der Waals surface area contributed by atoms with Crippen LogP contribution in [0.1, 0.15) is 97.2 Å². The molecule has 1 aromatic heterocycles. The third kappa shape index (κ3) is 8.81. The number of rotatable bonds is 13. The Balaban J connectivity index is 1.61. The summed E-state index contributed by atoms with van der Waals surface area (Å²) in [6, 6.07) is 33.3. The normalized spacial score (nSPS) is 16.5. The molecule has 9 heteroatoms. The molecule has 0 unspecified atom stereocenters. The molecular weight excluding hydrogens is 709 g/mol. The Kier molecular flexibility index (Phi) is 12.5. The van der Waals surface area contributed by atoms with Crippen LogP contribution >= 0.6 is 0 Å². The van der Waals surface area contributed by atoms with Gasteiger partial charge in [0, 0.05) is 37.9 Å². The summed E-state index contributed by atoms with van der Waals surface area (Å²) in [5.74, 6) is 0. The van der Waals surface area contributed by atoms with Crippen molar-refractivity contribution in [3.63, 3.8) is 0 Å². The van der Waals surface area contributed by atoms with Gasteiger partial charge < -0.3 is 13.4 Å². The Morgan fingerprint density at radius 1 is 0.736 bits per heavy atom. The first kappa shape index (κ1) is 41.2. The lowest BCUT2D eigenvalue weighted by atomic mass is 9.98. The number of hydrogen-bond donors (Lipinski definition) is 0. The fourth-order valence-corrected chi connectivity index (χ4v) is 14.5. The predicted molar refractivity (Wildman–Crippen MR) is 227 cm³/mol. The van der Waals surface area contributed by atoms with Crippen molar-refractivity contribution >= 4 is 38.0 Å².